The van der Waals surface area contributed by atoms with Crippen LogP contribution in [0.25, 0.3) is 10.9 Å². The number of aromatic nitrogens is 1. The van der Waals surface area contributed by atoms with Crippen LogP contribution in [0.4, 0.5) is 11.4 Å². The minimum Gasteiger partial charge on any atom is -0.373 e. The molecule has 1 aliphatic heterocycles. The van der Waals surface area contributed by atoms with E-state index in [0.29, 0.717) is 12.1 Å². The van der Waals surface area contributed by atoms with Crippen molar-refractivity contribution in [2.75, 3.05) is 45.2 Å². The molecule has 1 saturated heterocycles. The third-order valence-corrected chi connectivity index (χ3v) is 4.17. The zero-order valence-corrected chi connectivity index (χ0v) is 14.2. The summed E-state index contributed by atoms with van der Waals surface area (Å²) in [5.41, 5.74) is 2.28. The van der Waals surface area contributed by atoms with Crippen molar-refractivity contribution in [2.45, 2.75) is 13.0 Å². The number of ether oxygens (including phenoxy) is 1. The molecule has 0 radical (unpaired) electrons. The number of aryl methyl sites for hydroxylation is 1. The Kier molecular flexibility index (Phi) is 4.64. The van der Waals surface area contributed by atoms with E-state index in [-0.39, 0.29) is 16.7 Å². The van der Waals surface area contributed by atoms with E-state index < -0.39 is 0 Å². The number of fused-ring (bicyclic) bond motifs is 1. The van der Waals surface area contributed by atoms with Crippen LogP contribution in [0, 0.1) is 17.0 Å². The van der Waals surface area contributed by atoms with Gasteiger partial charge >= 0.3 is 0 Å². The summed E-state index contributed by atoms with van der Waals surface area (Å²) in [6.45, 7) is 4.90. The summed E-state index contributed by atoms with van der Waals surface area (Å²) < 4.78 is 5.84. The molecule has 0 saturated carbocycles. The Morgan fingerprint density at radius 2 is 2.25 bits per heavy atom. The Labute approximate surface area is 141 Å². The molecule has 0 bridgehead atoms. The van der Waals surface area contributed by atoms with Crippen LogP contribution in [-0.4, -0.2) is 61.2 Å². The second-order valence-corrected chi connectivity index (χ2v) is 6.41. The molecule has 7 nitrogen and oxygen atoms in total. The molecule has 1 aromatic carbocycles. The van der Waals surface area contributed by atoms with Crippen LogP contribution in [0.1, 0.15) is 5.69 Å². The molecule has 1 aromatic heterocycles. The summed E-state index contributed by atoms with van der Waals surface area (Å²) in [4.78, 5) is 19.7. The summed E-state index contributed by atoms with van der Waals surface area (Å²) in [6, 6.07) is 7.13. The third kappa shape index (κ3) is 3.32. The highest BCUT2D eigenvalue weighted by Gasteiger charge is 2.24. The summed E-state index contributed by atoms with van der Waals surface area (Å²) >= 11 is 0. The highest BCUT2D eigenvalue weighted by Crippen LogP contribution is 2.32. The van der Waals surface area contributed by atoms with Gasteiger partial charge in [-0.2, -0.15) is 0 Å². The van der Waals surface area contributed by atoms with Gasteiger partial charge in [0.05, 0.1) is 17.6 Å². The molecule has 1 atom stereocenters. The summed E-state index contributed by atoms with van der Waals surface area (Å²) in [5, 5.41) is 12.1. The highest BCUT2D eigenvalue weighted by molar-refractivity contribution is 5.97. The quantitative estimate of drug-likeness (QED) is 0.632. The fourth-order valence-electron chi connectivity index (χ4n) is 3.20. The number of rotatable bonds is 4. The number of para-hydroxylation sites is 1. The lowest BCUT2D eigenvalue weighted by Gasteiger charge is -2.36. The molecule has 3 rings (SSSR count). The summed E-state index contributed by atoms with van der Waals surface area (Å²) in [7, 11) is 4.05. The summed E-state index contributed by atoms with van der Waals surface area (Å²) in [6.07, 6.45) is 0.121. The standard InChI is InChI=1S/C17H22N4O3/c1-12-9-16(20-7-8-24-13(11-20)10-19(2)3)14-5-4-6-15(21(22)23)17(14)18-12/h4-6,9,13H,7-8,10-11H2,1-3H3. The largest absolute Gasteiger partial charge is 0.373 e. The predicted molar refractivity (Wildman–Crippen MR) is 93.6 cm³/mol. The number of hydrogen-bond donors (Lipinski definition) is 0. The molecule has 7 heteroatoms. The smallest absolute Gasteiger partial charge is 0.295 e. The molecular weight excluding hydrogens is 308 g/mol. The molecule has 1 unspecified atom stereocenters. The zero-order chi connectivity index (χ0) is 17.3. The summed E-state index contributed by atoms with van der Waals surface area (Å²) in [5.74, 6) is 0. The third-order valence-electron chi connectivity index (χ3n) is 4.17. The van der Waals surface area contributed by atoms with Gasteiger partial charge < -0.3 is 14.5 Å². The highest BCUT2D eigenvalue weighted by atomic mass is 16.6. The maximum atomic E-state index is 11.3. The van der Waals surface area contributed by atoms with Crippen molar-refractivity contribution >= 4 is 22.3 Å². The van der Waals surface area contributed by atoms with E-state index in [0.717, 1.165) is 36.4 Å². The number of likely N-dealkylation sites (N-methyl/N-ethyl adjacent to an activating group) is 1. The van der Waals surface area contributed by atoms with E-state index in [2.05, 4.69) is 14.8 Å². The number of nitrogens with zero attached hydrogens (tertiary/aromatic N) is 4. The molecule has 1 aliphatic rings. The zero-order valence-electron chi connectivity index (χ0n) is 14.2. The number of anilines is 1. The Morgan fingerprint density at radius 1 is 1.46 bits per heavy atom. The van der Waals surface area contributed by atoms with Gasteiger partial charge in [-0.3, -0.25) is 10.1 Å². The van der Waals surface area contributed by atoms with Gasteiger partial charge in [0.25, 0.3) is 5.69 Å². The molecular formula is C17H22N4O3. The first-order valence-electron chi connectivity index (χ1n) is 8.01. The normalized spacial score (nSPS) is 18.3. The Balaban J connectivity index is 2.03. The minimum atomic E-state index is -0.368. The second-order valence-electron chi connectivity index (χ2n) is 6.41. The van der Waals surface area contributed by atoms with Crippen LogP contribution >= 0.6 is 0 Å². The lowest BCUT2D eigenvalue weighted by molar-refractivity contribution is -0.383. The Morgan fingerprint density at radius 3 is 2.96 bits per heavy atom. The van der Waals surface area contributed by atoms with E-state index in [1.165, 1.54) is 6.07 Å². The van der Waals surface area contributed by atoms with Gasteiger partial charge in [-0.25, -0.2) is 4.98 Å². The number of nitro benzene ring substituents is 1. The number of benzene rings is 1. The molecule has 0 amide bonds. The fraction of sp³-hybridized carbons (Fsp3) is 0.471. The van der Waals surface area contributed by atoms with E-state index in [1.54, 1.807) is 6.07 Å². The van der Waals surface area contributed by atoms with Crippen LogP contribution < -0.4 is 4.90 Å². The van der Waals surface area contributed by atoms with Crippen LogP contribution in [0.15, 0.2) is 24.3 Å². The maximum absolute atomic E-state index is 11.3. The first kappa shape index (κ1) is 16.6. The topological polar surface area (TPSA) is 71.7 Å². The van der Waals surface area contributed by atoms with Gasteiger partial charge in [-0.1, -0.05) is 12.1 Å². The number of morpholine rings is 1. The van der Waals surface area contributed by atoms with Crippen molar-refractivity contribution in [3.8, 4) is 0 Å². The molecule has 0 aliphatic carbocycles. The Bertz CT molecular complexity index is 763. The van der Waals surface area contributed by atoms with E-state index in [9.17, 15) is 10.1 Å². The Hall–Kier alpha value is -2.25. The van der Waals surface area contributed by atoms with Crippen molar-refractivity contribution in [1.82, 2.24) is 9.88 Å². The van der Waals surface area contributed by atoms with Gasteiger partial charge in [-0.15, -0.1) is 0 Å². The van der Waals surface area contributed by atoms with Gasteiger partial charge in [0, 0.05) is 42.5 Å². The number of pyridine rings is 1. The molecule has 1 fully saturated rings. The van der Waals surface area contributed by atoms with Crippen LogP contribution in [-0.2, 0) is 4.74 Å². The maximum Gasteiger partial charge on any atom is 0.295 e. The van der Waals surface area contributed by atoms with Gasteiger partial charge in [0.15, 0.2) is 5.52 Å². The van der Waals surface area contributed by atoms with Crippen molar-refractivity contribution < 1.29 is 9.66 Å². The van der Waals surface area contributed by atoms with E-state index in [4.69, 9.17) is 4.74 Å². The van der Waals surface area contributed by atoms with Gasteiger partial charge in [0.2, 0.25) is 0 Å². The van der Waals surface area contributed by atoms with Gasteiger partial charge in [-0.05, 0) is 27.1 Å². The molecule has 2 heterocycles. The molecule has 2 aromatic rings. The first-order valence-corrected chi connectivity index (χ1v) is 8.01. The van der Waals surface area contributed by atoms with Crippen molar-refractivity contribution in [3.05, 3.63) is 40.1 Å². The number of nitro groups is 1. The van der Waals surface area contributed by atoms with E-state index >= 15 is 0 Å². The van der Waals surface area contributed by atoms with Crippen LogP contribution in [0.3, 0.4) is 0 Å². The lowest BCUT2D eigenvalue weighted by Crippen LogP contribution is -2.46. The minimum absolute atomic E-state index is 0.0514. The van der Waals surface area contributed by atoms with Gasteiger partial charge in [0.1, 0.15) is 0 Å². The van der Waals surface area contributed by atoms with Crippen molar-refractivity contribution in [3.63, 3.8) is 0 Å². The predicted octanol–water partition coefficient (Wildman–Crippen LogP) is 2.22. The van der Waals surface area contributed by atoms with Crippen LogP contribution in [0.2, 0.25) is 0 Å². The van der Waals surface area contributed by atoms with E-state index in [1.807, 2.05) is 33.2 Å². The number of hydrogen-bond acceptors (Lipinski definition) is 6. The lowest BCUT2D eigenvalue weighted by atomic mass is 10.1. The fourth-order valence-corrected chi connectivity index (χ4v) is 3.20. The molecule has 0 N–H and O–H groups in total. The molecule has 0 spiro atoms. The second kappa shape index (κ2) is 6.70. The first-order chi connectivity index (χ1) is 11.5. The average Bonchev–Trinajstić information content (AvgIpc) is 2.53. The average molecular weight is 330 g/mol. The van der Waals surface area contributed by atoms with Crippen molar-refractivity contribution in [2.24, 2.45) is 0 Å². The monoisotopic (exact) mass is 330 g/mol. The number of non-ortho nitro benzene ring substituents is 1. The molecule has 24 heavy (non-hydrogen) atoms. The van der Waals surface area contributed by atoms with Crippen LogP contribution in [0.5, 0.6) is 0 Å². The SMILES string of the molecule is Cc1cc(N2CCOC(CN(C)C)C2)c2cccc([N+](=O)[O-])c2n1. The van der Waals surface area contributed by atoms with Crippen molar-refractivity contribution in [1.29, 1.82) is 0 Å². The molecule has 128 valence electrons.